The van der Waals surface area contributed by atoms with Gasteiger partial charge in [0, 0.05) is 18.7 Å². The van der Waals surface area contributed by atoms with Crippen molar-refractivity contribution in [2.75, 3.05) is 25.1 Å². The number of hydrogen-bond donors (Lipinski definition) is 1. The first-order valence-electron chi connectivity index (χ1n) is 7.97. The summed E-state index contributed by atoms with van der Waals surface area (Å²) in [6, 6.07) is 7.14. The lowest BCUT2D eigenvalue weighted by molar-refractivity contribution is -0.144. The van der Waals surface area contributed by atoms with E-state index < -0.39 is 0 Å². The number of hydrogen-bond acceptors (Lipinski definition) is 5. The van der Waals surface area contributed by atoms with Crippen LogP contribution in [0.15, 0.2) is 24.3 Å². The Balaban J connectivity index is 1.71. The summed E-state index contributed by atoms with van der Waals surface area (Å²) < 4.78 is 15.9. The second kappa shape index (κ2) is 9.15. The monoisotopic (exact) mass is 321 g/mol. The van der Waals surface area contributed by atoms with Gasteiger partial charge in [0.05, 0.1) is 19.1 Å². The van der Waals surface area contributed by atoms with Crippen LogP contribution in [0.5, 0.6) is 5.75 Å². The number of esters is 1. The van der Waals surface area contributed by atoms with Gasteiger partial charge in [-0.05, 0) is 44.0 Å². The molecule has 0 aliphatic carbocycles. The van der Waals surface area contributed by atoms with Gasteiger partial charge in [0.2, 0.25) is 5.91 Å². The first-order valence-corrected chi connectivity index (χ1v) is 7.97. The van der Waals surface area contributed by atoms with Crippen molar-refractivity contribution < 1.29 is 23.8 Å². The van der Waals surface area contributed by atoms with Gasteiger partial charge in [-0.2, -0.15) is 0 Å². The molecular weight excluding hydrogens is 298 g/mol. The molecule has 1 heterocycles. The quantitative estimate of drug-likeness (QED) is 0.745. The number of rotatable bonds is 8. The molecule has 0 saturated carbocycles. The Morgan fingerprint density at radius 3 is 2.70 bits per heavy atom. The second-order valence-corrected chi connectivity index (χ2v) is 5.32. The molecule has 1 aromatic rings. The van der Waals surface area contributed by atoms with Crippen LogP contribution in [0.25, 0.3) is 0 Å². The summed E-state index contributed by atoms with van der Waals surface area (Å²) in [5.41, 5.74) is 0.670. The van der Waals surface area contributed by atoms with Crippen molar-refractivity contribution in [2.24, 2.45) is 0 Å². The Hall–Kier alpha value is -2.08. The maximum atomic E-state index is 11.7. The van der Waals surface area contributed by atoms with Crippen LogP contribution in [-0.4, -0.2) is 37.8 Å². The fraction of sp³-hybridized carbons (Fsp3) is 0.529. The molecule has 0 spiro atoms. The highest BCUT2D eigenvalue weighted by atomic mass is 16.5. The van der Waals surface area contributed by atoms with E-state index in [4.69, 9.17) is 14.2 Å². The normalized spacial score (nSPS) is 16.8. The standard InChI is InChI=1S/C17H23NO5/c1-2-21-17(20)10-9-16(19)18-13-5-7-14(8-6-13)23-12-15-4-3-11-22-15/h5-8,15H,2-4,9-12H2,1H3,(H,18,19). The zero-order valence-electron chi connectivity index (χ0n) is 13.4. The molecule has 1 aromatic carbocycles. The summed E-state index contributed by atoms with van der Waals surface area (Å²) in [6.45, 7) is 3.42. The van der Waals surface area contributed by atoms with Crippen LogP contribution in [0.4, 0.5) is 5.69 Å². The number of anilines is 1. The van der Waals surface area contributed by atoms with E-state index >= 15 is 0 Å². The van der Waals surface area contributed by atoms with Gasteiger partial charge < -0.3 is 19.5 Å². The molecule has 23 heavy (non-hydrogen) atoms. The molecule has 0 bridgehead atoms. The van der Waals surface area contributed by atoms with E-state index in [-0.39, 0.29) is 30.8 Å². The van der Waals surface area contributed by atoms with Crippen molar-refractivity contribution in [1.29, 1.82) is 0 Å². The van der Waals surface area contributed by atoms with Crippen molar-refractivity contribution >= 4 is 17.6 Å². The largest absolute Gasteiger partial charge is 0.491 e. The molecule has 6 nitrogen and oxygen atoms in total. The molecular formula is C17H23NO5. The Bertz CT molecular complexity index is 508. The third kappa shape index (κ3) is 6.28. The number of ether oxygens (including phenoxy) is 3. The molecule has 6 heteroatoms. The number of amides is 1. The molecule has 1 unspecified atom stereocenters. The third-order valence-electron chi connectivity index (χ3n) is 3.46. The lowest BCUT2D eigenvalue weighted by Gasteiger charge is -2.12. The average molecular weight is 321 g/mol. The molecule has 2 rings (SSSR count). The Morgan fingerprint density at radius 1 is 1.26 bits per heavy atom. The van der Waals surface area contributed by atoms with Crippen molar-refractivity contribution in [1.82, 2.24) is 0 Å². The Kier molecular flexibility index (Phi) is 6.87. The molecule has 1 atom stereocenters. The van der Waals surface area contributed by atoms with Gasteiger partial charge in [-0.15, -0.1) is 0 Å². The van der Waals surface area contributed by atoms with Crippen LogP contribution in [0.3, 0.4) is 0 Å². The maximum Gasteiger partial charge on any atom is 0.306 e. The number of nitrogens with one attached hydrogen (secondary N) is 1. The first-order chi connectivity index (χ1) is 11.2. The molecule has 126 valence electrons. The zero-order valence-corrected chi connectivity index (χ0v) is 13.4. The number of carbonyl (C=O) groups excluding carboxylic acids is 2. The molecule has 1 aliphatic heterocycles. The molecule has 0 aromatic heterocycles. The summed E-state index contributed by atoms with van der Waals surface area (Å²) in [6.07, 6.45) is 2.50. The minimum absolute atomic E-state index is 0.0856. The topological polar surface area (TPSA) is 73.9 Å². The van der Waals surface area contributed by atoms with Gasteiger partial charge in [0.25, 0.3) is 0 Å². The van der Waals surface area contributed by atoms with E-state index in [0.29, 0.717) is 18.9 Å². The predicted molar refractivity (Wildman–Crippen MR) is 85.4 cm³/mol. The van der Waals surface area contributed by atoms with Crippen molar-refractivity contribution in [3.8, 4) is 5.75 Å². The van der Waals surface area contributed by atoms with E-state index in [0.717, 1.165) is 25.2 Å². The van der Waals surface area contributed by atoms with Crippen LogP contribution in [0.2, 0.25) is 0 Å². The molecule has 1 aliphatic rings. The van der Waals surface area contributed by atoms with Crippen molar-refractivity contribution in [2.45, 2.75) is 38.7 Å². The predicted octanol–water partition coefficient (Wildman–Crippen LogP) is 2.53. The second-order valence-electron chi connectivity index (χ2n) is 5.32. The fourth-order valence-corrected chi connectivity index (χ4v) is 2.27. The van der Waals surface area contributed by atoms with Crippen LogP contribution < -0.4 is 10.1 Å². The van der Waals surface area contributed by atoms with Gasteiger partial charge >= 0.3 is 5.97 Å². The van der Waals surface area contributed by atoms with E-state index in [2.05, 4.69) is 5.32 Å². The minimum Gasteiger partial charge on any atom is -0.491 e. The highest BCUT2D eigenvalue weighted by molar-refractivity contribution is 5.92. The lowest BCUT2D eigenvalue weighted by Crippen LogP contribution is -2.16. The van der Waals surface area contributed by atoms with Crippen LogP contribution >= 0.6 is 0 Å². The third-order valence-corrected chi connectivity index (χ3v) is 3.46. The summed E-state index contributed by atoms with van der Waals surface area (Å²) >= 11 is 0. The first kappa shape index (κ1) is 17.3. The van der Waals surface area contributed by atoms with Gasteiger partial charge in [-0.3, -0.25) is 9.59 Å². The summed E-state index contributed by atoms with van der Waals surface area (Å²) in [5, 5.41) is 2.74. The fourth-order valence-electron chi connectivity index (χ4n) is 2.27. The van der Waals surface area contributed by atoms with E-state index in [1.807, 2.05) is 0 Å². The number of benzene rings is 1. The van der Waals surface area contributed by atoms with Gasteiger partial charge in [0.1, 0.15) is 12.4 Å². The summed E-state index contributed by atoms with van der Waals surface area (Å²) in [4.78, 5) is 22.9. The average Bonchev–Trinajstić information content (AvgIpc) is 3.06. The van der Waals surface area contributed by atoms with Gasteiger partial charge in [0.15, 0.2) is 0 Å². The Labute approximate surface area is 136 Å². The number of carbonyl (C=O) groups is 2. The maximum absolute atomic E-state index is 11.7. The summed E-state index contributed by atoms with van der Waals surface area (Å²) in [5.74, 6) is 0.164. The van der Waals surface area contributed by atoms with E-state index in [1.54, 1.807) is 31.2 Å². The van der Waals surface area contributed by atoms with E-state index in [1.165, 1.54) is 0 Å². The van der Waals surface area contributed by atoms with Crippen LogP contribution in [0, 0.1) is 0 Å². The van der Waals surface area contributed by atoms with Gasteiger partial charge in [-0.25, -0.2) is 0 Å². The molecule has 1 fully saturated rings. The minimum atomic E-state index is -0.361. The molecule has 0 radical (unpaired) electrons. The highest BCUT2D eigenvalue weighted by Crippen LogP contribution is 2.18. The molecule has 1 saturated heterocycles. The van der Waals surface area contributed by atoms with Crippen LogP contribution in [-0.2, 0) is 19.1 Å². The zero-order chi connectivity index (χ0) is 16.5. The SMILES string of the molecule is CCOC(=O)CCC(=O)Nc1ccc(OCC2CCCO2)cc1. The van der Waals surface area contributed by atoms with Gasteiger partial charge in [-0.1, -0.05) is 0 Å². The molecule has 1 N–H and O–H groups in total. The Morgan fingerprint density at radius 2 is 2.04 bits per heavy atom. The van der Waals surface area contributed by atoms with Crippen LogP contribution in [0.1, 0.15) is 32.6 Å². The van der Waals surface area contributed by atoms with Crippen molar-refractivity contribution in [3.63, 3.8) is 0 Å². The van der Waals surface area contributed by atoms with Crippen molar-refractivity contribution in [3.05, 3.63) is 24.3 Å². The smallest absolute Gasteiger partial charge is 0.306 e. The van der Waals surface area contributed by atoms with E-state index in [9.17, 15) is 9.59 Å². The lowest BCUT2D eigenvalue weighted by atomic mass is 10.2. The summed E-state index contributed by atoms with van der Waals surface area (Å²) in [7, 11) is 0. The molecule has 1 amide bonds. The highest BCUT2D eigenvalue weighted by Gasteiger charge is 2.15.